The summed E-state index contributed by atoms with van der Waals surface area (Å²) in [6, 6.07) is 19.7. The van der Waals surface area contributed by atoms with Crippen molar-refractivity contribution in [3.05, 3.63) is 77.4 Å². The van der Waals surface area contributed by atoms with Crippen LogP contribution in [0.1, 0.15) is 47.4 Å². The normalized spacial score (nSPS) is 14.6. The van der Waals surface area contributed by atoms with Gasteiger partial charge in [0.05, 0.1) is 18.3 Å². The van der Waals surface area contributed by atoms with Crippen LogP contribution in [0.4, 0.5) is 5.69 Å². The maximum atomic E-state index is 12.8. The molecule has 0 aromatic heterocycles. The van der Waals surface area contributed by atoms with Crippen LogP contribution in [0.3, 0.4) is 0 Å². The van der Waals surface area contributed by atoms with E-state index in [4.69, 9.17) is 0 Å². The minimum absolute atomic E-state index is 0.0374. The second-order valence-electron chi connectivity index (χ2n) is 6.93. The first-order valence-electron chi connectivity index (χ1n) is 8.68. The molecule has 126 valence electrons. The number of amides is 1. The third-order valence-electron chi connectivity index (χ3n) is 4.99. The van der Waals surface area contributed by atoms with Crippen molar-refractivity contribution in [2.75, 3.05) is 11.4 Å². The molecule has 0 unspecified atom stereocenters. The van der Waals surface area contributed by atoms with E-state index in [0.717, 1.165) is 27.6 Å². The summed E-state index contributed by atoms with van der Waals surface area (Å²) in [4.78, 5) is 14.5. The molecule has 1 aliphatic heterocycles. The molecule has 0 saturated heterocycles. The van der Waals surface area contributed by atoms with Gasteiger partial charge in [-0.3, -0.25) is 4.79 Å². The van der Waals surface area contributed by atoms with Gasteiger partial charge in [-0.15, -0.1) is 0 Å². The molecular formula is C22H21NO2. The van der Waals surface area contributed by atoms with Gasteiger partial charge in [0.15, 0.2) is 0 Å². The average molecular weight is 331 g/mol. The highest BCUT2D eigenvalue weighted by Crippen LogP contribution is 2.38. The summed E-state index contributed by atoms with van der Waals surface area (Å²) in [5.41, 5.74) is 3.68. The van der Waals surface area contributed by atoms with Crippen LogP contribution in [0.15, 0.2) is 60.7 Å². The van der Waals surface area contributed by atoms with Gasteiger partial charge >= 0.3 is 0 Å². The van der Waals surface area contributed by atoms with Crippen molar-refractivity contribution in [3.63, 3.8) is 0 Å². The van der Waals surface area contributed by atoms with Crippen LogP contribution < -0.4 is 4.90 Å². The van der Waals surface area contributed by atoms with E-state index in [1.165, 1.54) is 5.56 Å². The van der Waals surface area contributed by atoms with Gasteiger partial charge in [-0.2, -0.15) is 0 Å². The lowest BCUT2D eigenvalue weighted by Crippen LogP contribution is -2.31. The fraction of sp³-hybridized carbons (Fsp3) is 0.227. The number of aliphatic hydroxyl groups is 1. The number of benzene rings is 3. The molecule has 3 heteroatoms. The van der Waals surface area contributed by atoms with Crippen molar-refractivity contribution in [2.45, 2.75) is 25.9 Å². The van der Waals surface area contributed by atoms with Crippen LogP contribution in [-0.4, -0.2) is 17.6 Å². The molecule has 3 nitrogen and oxygen atoms in total. The van der Waals surface area contributed by atoms with Gasteiger partial charge in [-0.25, -0.2) is 0 Å². The highest BCUT2D eigenvalue weighted by molar-refractivity contribution is 6.25. The number of carbonyl (C=O) groups excluding carboxylic acids is 1. The standard InChI is InChI=1S/C22H21NO2/c1-14(2)15-9-11-16(12-10-15)20(24)13-23-19-8-4-6-17-5-3-7-18(21(17)19)22(23)25/h3-12,14,20,24H,13H2,1-2H3/t20-/m0/s1. The topological polar surface area (TPSA) is 40.5 Å². The number of hydrogen-bond acceptors (Lipinski definition) is 2. The summed E-state index contributed by atoms with van der Waals surface area (Å²) in [6.07, 6.45) is -0.713. The number of anilines is 1. The van der Waals surface area contributed by atoms with Gasteiger partial charge < -0.3 is 10.0 Å². The molecular weight excluding hydrogens is 310 g/mol. The van der Waals surface area contributed by atoms with E-state index in [0.29, 0.717) is 5.92 Å². The largest absolute Gasteiger partial charge is 0.387 e. The van der Waals surface area contributed by atoms with E-state index in [-0.39, 0.29) is 12.5 Å². The Labute approximate surface area is 147 Å². The van der Waals surface area contributed by atoms with Crippen molar-refractivity contribution in [1.82, 2.24) is 0 Å². The lowest BCUT2D eigenvalue weighted by molar-refractivity contribution is 0.0969. The molecule has 4 rings (SSSR count). The third-order valence-corrected chi connectivity index (χ3v) is 4.99. The summed E-state index contributed by atoms with van der Waals surface area (Å²) < 4.78 is 0. The number of nitrogens with zero attached hydrogens (tertiary/aromatic N) is 1. The Morgan fingerprint density at radius 3 is 2.24 bits per heavy atom. The zero-order valence-electron chi connectivity index (χ0n) is 14.4. The van der Waals surface area contributed by atoms with E-state index in [1.807, 2.05) is 60.7 Å². The Morgan fingerprint density at radius 1 is 0.920 bits per heavy atom. The van der Waals surface area contributed by atoms with Crippen LogP contribution in [0.2, 0.25) is 0 Å². The molecule has 1 atom stereocenters. The molecule has 0 spiro atoms. The SMILES string of the molecule is CC(C)c1ccc([C@@H](O)CN2C(=O)c3cccc4cccc2c34)cc1. The van der Waals surface area contributed by atoms with Crippen molar-refractivity contribution < 1.29 is 9.90 Å². The van der Waals surface area contributed by atoms with Gasteiger partial charge in [-0.05, 0) is 34.6 Å². The Morgan fingerprint density at radius 2 is 1.56 bits per heavy atom. The minimum atomic E-state index is -0.713. The van der Waals surface area contributed by atoms with Gasteiger partial charge in [0.25, 0.3) is 5.91 Å². The number of carbonyl (C=O) groups is 1. The zero-order chi connectivity index (χ0) is 17.6. The third kappa shape index (κ3) is 2.61. The van der Waals surface area contributed by atoms with Gasteiger partial charge in [0.1, 0.15) is 0 Å². The van der Waals surface area contributed by atoms with Crippen LogP contribution in [0.5, 0.6) is 0 Å². The zero-order valence-corrected chi connectivity index (χ0v) is 14.4. The molecule has 25 heavy (non-hydrogen) atoms. The van der Waals surface area contributed by atoms with E-state index >= 15 is 0 Å². The Bertz CT molecular complexity index is 939. The molecule has 3 aromatic rings. The average Bonchev–Trinajstić information content (AvgIpc) is 2.90. The highest BCUT2D eigenvalue weighted by Gasteiger charge is 2.31. The van der Waals surface area contributed by atoms with E-state index < -0.39 is 6.10 Å². The summed E-state index contributed by atoms with van der Waals surface area (Å²) in [5.74, 6) is 0.420. The summed E-state index contributed by atoms with van der Waals surface area (Å²) in [6.45, 7) is 4.55. The first-order valence-corrected chi connectivity index (χ1v) is 8.68. The number of rotatable bonds is 4. The van der Waals surface area contributed by atoms with Crippen molar-refractivity contribution in [1.29, 1.82) is 0 Å². The maximum absolute atomic E-state index is 12.8. The highest BCUT2D eigenvalue weighted by atomic mass is 16.3. The Hall–Kier alpha value is -2.65. The van der Waals surface area contributed by atoms with Gasteiger partial charge in [-0.1, -0.05) is 62.4 Å². The van der Waals surface area contributed by atoms with Crippen LogP contribution in [-0.2, 0) is 0 Å². The second kappa shape index (κ2) is 6.01. The lowest BCUT2D eigenvalue weighted by Gasteiger charge is -2.22. The number of hydrogen-bond donors (Lipinski definition) is 1. The van der Waals surface area contributed by atoms with Crippen LogP contribution in [0, 0.1) is 0 Å². The predicted molar refractivity (Wildman–Crippen MR) is 101 cm³/mol. The van der Waals surface area contributed by atoms with Crippen molar-refractivity contribution >= 4 is 22.4 Å². The molecule has 0 aliphatic carbocycles. The van der Waals surface area contributed by atoms with Crippen LogP contribution in [0.25, 0.3) is 10.8 Å². The number of β-amino-alcohol motifs (C(OH)–C–C–N with tert-alkyl or cyclic N) is 1. The van der Waals surface area contributed by atoms with E-state index in [9.17, 15) is 9.90 Å². The molecule has 3 aromatic carbocycles. The summed E-state index contributed by atoms with van der Waals surface area (Å²) in [5, 5.41) is 12.7. The molecule has 0 radical (unpaired) electrons. The van der Waals surface area contributed by atoms with Crippen molar-refractivity contribution in [2.24, 2.45) is 0 Å². The monoisotopic (exact) mass is 331 g/mol. The van der Waals surface area contributed by atoms with Gasteiger partial charge in [0.2, 0.25) is 0 Å². The van der Waals surface area contributed by atoms with Gasteiger partial charge in [0, 0.05) is 10.9 Å². The molecule has 0 saturated carbocycles. The van der Waals surface area contributed by atoms with Crippen LogP contribution >= 0.6 is 0 Å². The first-order chi connectivity index (χ1) is 12.1. The minimum Gasteiger partial charge on any atom is -0.387 e. The molecule has 0 fully saturated rings. The summed E-state index contributed by atoms with van der Waals surface area (Å²) in [7, 11) is 0. The fourth-order valence-electron chi connectivity index (χ4n) is 3.54. The quantitative estimate of drug-likeness (QED) is 0.755. The molecule has 1 aliphatic rings. The van der Waals surface area contributed by atoms with Crippen molar-refractivity contribution in [3.8, 4) is 0 Å². The fourth-order valence-corrected chi connectivity index (χ4v) is 3.54. The van der Waals surface area contributed by atoms with E-state index in [2.05, 4.69) is 13.8 Å². The number of aliphatic hydroxyl groups excluding tert-OH is 1. The molecule has 1 amide bonds. The Balaban J connectivity index is 1.63. The lowest BCUT2D eigenvalue weighted by atomic mass is 10.00. The molecule has 1 N–H and O–H groups in total. The molecule has 1 heterocycles. The predicted octanol–water partition coefficient (Wildman–Crippen LogP) is 4.66. The second-order valence-corrected chi connectivity index (χ2v) is 6.93. The Kier molecular flexibility index (Phi) is 3.81. The first kappa shape index (κ1) is 15.9. The summed E-state index contributed by atoms with van der Waals surface area (Å²) >= 11 is 0. The smallest absolute Gasteiger partial charge is 0.259 e. The van der Waals surface area contributed by atoms with E-state index in [1.54, 1.807) is 4.90 Å². The maximum Gasteiger partial charge on any atom is 0.259 e. The molecule has 0 bridgehead atoms.